The number of aliphatic hydroxyl groups is 1. The lowest BCUT2D eigenvalue weighted by Gasteiger charge is -2.33. The Morgan fingerprint density at radius 2 is 2.07 bits per heavy atom. The summed E-state index contributed by atoms with van der Waals surface area (Å²) >= 11 is 0. The van der Waals surface area contributed by atoms with Gasteiger partial charge in [0, 0.05) is 24.8 Å². The van der Waals surface area contributed by atoms with Crippen LogP contribution in [0, 0.1) is 0 Å². The summed E-state index contributed by atoms with van der Waals surface area (Å²) in [6.07, 6.45) is 0.558. The largest absolute Gasteiger partial charge is 0.399 e. The zero-order valence-corrected chi connectivity index (χ0v) is 9.07. The molecule has 82 valence electrons. The molecule has 1 aliphatic rings. The smallest absolute Gasteiger partial charge is 0.0832 e. The van der Waals surface area contributed by atoms with E-state index in [0.717, 1.165) is 11.4 Å². The Morgan fingerprint density at radius 1 is 1.50 bits per heavy atom. The zero-order valence-electron chi connectivity index (χ0n) is 9.07. The van der Waals surface area contributed by atoms with E-state index in [4.69, 9.17) is 16.7 Å². The van der Waals surface area contributed by atoms with Gasteiger partial charge in [0.05, 0.1) is 11.7 Å². The Bertz CT molecular complexity index is 239. The molecule has 1 atom stereocenters. The number of hydrogen-bond donors (Lipinski definition) is 3. The van der Waals surface area contributed by atoms with Gasteiger partial charge < -0.3 is 10.8 Å². The van der Waals surface area contributed by atoms with Crippen LogP contribution in [-0.4, -0.2) is 33.9 Å². The highest BCUT2D eigenvalue weighted by Gasteiger charge is 2.33. The molecule has 5 nitrogen and oxygen atoms in total. The predicted octanol–water partition coefficient (Wildman–Crippen LogP) is -0.258. The van der Waals surface area contributed by atoms with E-state index in [9.17, 15) is 0 Å². The Labute approximate surface area is 84.9 Å². The van der Waals surface area contributed by atoms with Gasteiger partial charge in [0.15, 0.2) is 0 Å². The molecule has 0 spiro atoms. The highest BCUT2D eigenvalue weighted by atomic mass is 16.3. The number of aliphatic hydroxyl groups excluding tert-OH is 1. The summed E-state index contributed by atoms with van der Waals surface area (Å²) in [7, 11) is 0. The molecular weight excluding hydrogens is 180 g/mol. The average molecular weight is 200 g/mol. The van der Waals surface area contributed by atoms with Gasteiger partial charge in [-0.15, -0.1) is 0 Å². The maximum atomic E-state index is 8.94. The molecule has 0 saturated heterocycles. The number of nitrogens with zero attached hydrogens (tertiary/aromatic N) is 2. The summed E-state index contributed by atoms with van der Waals surface area (Å²) < 4.78 is 0. The van der Waals surface area contributed by atoms with Gasteiger partial charge in [-0.3, -0.25) is 5.01 Å². The van der Waals surface area contributed by atoms with Crippen LogP contribution in [0.25, 0.3) is 0 Å². The summed E-state index contributed by atoms with van der Waals surface area (Å²) in [6.45, 7) is 6.14. The van der Waals surface area contributed by atoms with Gasteiger partial charge in [-0.25, -0.2) is 5.84 Å². The van der Waals surface area contributed by atoms with Crippen LogP contribution < -0.4 is 11.6 Å². The fourth-order valence-corrected chi connectivity index (χ4v) is 1.79. The second-order valence-electron chi connectivity index (χ2n) is 3.87. The number of rotatable bonds is 3. The fourth-order valence-electron chi connectivity index (χ4n) is 1.79. The summed E-state index contributed by atoms with van der Waals surface area (Å²) in [5.41, 5.74) is 7.63. The first-order chi connectivity index (χ1) is 6.50. The van der Waals surface area contributed by atoms with Gasteiger partial charge >= 0.3 is 0 Å². The molecule has 0 aromatic carbocycles. The van der Waals surface area contributed by atoms with Crippen LogP contribution in [0.1, 0.15) is 27.2 Å². The summed E-state index contributed by atoms with van der Waals surface area (Å²) in [6, 6.07) is 0.268. The molecule has 5 heteroatoms. The van der Waals surface area contributed by atoms with Gasteiger partial charge in [-0.1, -0.05) is 0 Å². The predicted molar refractivity (Wildman–Crippen MR) is 55.4 cm³/mol. The summed E-state index contributed by atoms with van der Waals surface area (Å²) in [5, 5.41) is 12.5. The van der Waals surface area contributed by atoms with Crippen molar-refractivity contribution in [3.63, 3.8) is 0 Å². The zero-order chi connectivity index (χ0) is 10.9. The van der Waals surface area contributed by atoms with Crippen LogP contribution in [0.15, 0.2) is 11.4 Å². The normalized spacial score (nSPS) is 24.1. The summed E-state index contributed by atoms with van der Waals surface area (Å²) in [5.74, 6) is 5.89. The Balaban J connectivity index is 2.93. The van der Waals surface area contributed by atoms with E-state index in [2.05, 4.69) is 0 Å². The van der Waals surface area contributed by atoms with E-state index in [1.165, 1.54) is 0 Å². The van der Waals surface area contributed by atoms with E-state index in [1.807, 2.05) is 25.8 Å². The van der Waals surface area contributed by atoms with Crippen LogP contribution in [0.3, 0.4) is 0 Å². The van der Waals surface area contributed by atoms with Crippen LogP contribution in [0.2, 0.25) is 0 Å². The van der Waals surface area contributed by atoms with Gasteiger partial charge in [0.1, 0.15) is 0 Å². The molecule has 1 heterocycles. The second-order valence-corrected chi connectivity index (χ2v) is 3.87. The molecule has 0 fully saturated rings. The molecule has 1 aliphatic heterocycles. The number of hydrazine groups is 2. The third-order valence-corrected chi connectivity index (χ3v) is 2.54. The van der Waals surface area contributed by atoms with Gasteiger partial charge in [0.25, 0.3) is 0 Å². The van der Waals surface area contributed by atoms with Crippen molar-refractivity contribution in [2.45, 2.75) is 39.3 Å². The van der Waals surface area contributed by atoms with E-state index < -0.39 is 0 Å². The molecule has 14 heavy (non-hydrogen) atoms. The molecule has 1 rings (SSSR count). The first-order valence-electron chi connectivity index (χ1n) is 4.93. The topological polar surface area (TPSA) is 78.8 Å². The molecular formula is C9H20N4O. The van der Waals surface area contributed by atoms with E-state index in [0.29, 0.717) is 6.42 Å². The SMILES string of the molecule is CC1C(N)=C(CCO)N(C(C)C)N1N. The number of hydrogen-bond acceptors (Lipinski definition) is 5. The van der Waals surface area contributed by atoms with Crippen molar-refractivity contribution < 1.29 is 5.11 Å². The standard InChI is InChI=1S/C9H20N4O/c1-6(2)12-8(4-5-14)9(10)7(3)13(12)11/h6-7,14H,4-5,10-11H2,1-3H3. The number of nitrogens with two attached hydrogens (primary N) is 2. The fraction of sp³-hybridized carbons (Fsp3) is 0.778. The van der Waals surface area contributed by atoms with Crippen molar-refractivity contribution in [3.05, 3.63) is 11.4 Å². The highest BCUT2D eigenvalue weighted by Crippen LogP contribution is 2.27. The van der Waals surface area contributed by atoms with Crippen LogP contribution in [0.4, 0.5) is 0 Å². The van der Waals surface area contributed by atoms with E-state index >= 15 is 0 Å². The molecule has 5 N–H and O–H groups in total. The first kappa shape index (κ1) is 11.3. The van der Waals surface area contributed by atoms with Crippen molar-refractivity contribution in [2.75, 3.05) is 6.61 Å². The van der Waals surface area contributed by atoms with Crippen molar-refractivity contribution in [3.8, 4) is 0 Å². The van der Waals surface area contributed by atoms with Crippen molar-refractivity contribution >= 4 is 0 Å². The van der Waals surface area contributed by atoms with Crippen LogP contribution in [-0.2, 0) is 0 Å². The minimum absolute atomic E-state index is 0.0129. The lowest BCUT2D eigenvalue weighted by molar-refractivity contribution is -0.0202. The lowest BCUT2D eigenvalue weighted by atomic mass is 10.2. The molecule has 0 aromatic heterocycles. The Morgan fingerprint density at radius 3 is 2.50 bits per heavy atom. The van der Waals surface area contributed by atoms with Gasteiger partial charge in [-0.05, 0) is 20.8 Å². The molecule has 0 radical (unpaired) electrons. The second kappa shape index (κ2) is 4.16. The third kappa shape index (κ3) is 1.70. The molecule has 0 saturated carbocycles. The van der Waals surface area contributed by atoms with E-state index in [1.54, 1.807) is 5.12 Å². The minimum Gasteiger partial charge on any atom is -0.399 e. The molecule has 0 bridgehead atoms. The maximum absolute atomic E-state index is 8.94. The Kier molecular flexibility index (Phi) is 3.36. The van der Waals surface area contributed by atoms with Crippen LogP contribution >= 0.6 is 0 Å². The van der Waals surface area contributed by atoms with Crippen LogP contribution in [0.5, 0.6) is 0 Å². The highest BCUT2D eigenvalue weighted by molar-refractivity contribution is 5.20. The Hall–Kier alpha value is -0.780. The van der Waals surface area contributed by atoms with Crippen molar-refractivity contribution in [1.29, 1.82) is 0 Å². The average Bonchev–Trinajstić information content (AvgIpc) is 2.32. The van der Waals surface area contributed by atoms with Crippen molar-refractivity contribution in [2.24, 2.45) is 11.6 Å². The quantitative estimate of drug-likeness (QED) is 0.547. The monoisotopic (exact) mass is 200 g/mol. The molecule has 0 aliphatic carbocycles. The minimum atomic E-state index is 0.0129. The first-order valence-corrected chi connectivity index (χ1v) is 4.93. The lowest BCUT2D eigenvalue weighted by Crippen LogP contribution is -2.50. The van der Waals surface area contributed by atoms with Gasteiger partial charge in [0.2, 0.25) is 0 Å². The molecule has 0 aromatic rings. The maximum Gasteiger partial charge on any atom is 0.0832 e. The van der Waals surface area contributed by atoms with E-state index in [-0.39, 0.29) is 18.7 Å². The molecule has 1 unspecified atom stereocenters. The van der Waals surface area contributed by atoms with Crippen molar-refractivity contribution in [1.82, 2.24) is 10.1 Å². The summed E-state index contributed by atoms with van der Waals surface area (Å²) in [4.78, 5) is 0. The van der Waals surface area contributed by atoms with Gasteiger partial charge in [-0.2, -0.15) is 5.12 Å². The third-order valence-electron chi connectivity index (χ3n) is 2.54. The molecule has 0 amide bonds.